The van der Waals surface area contributed by atoms with Crippen LogP contribution in [0, 0.1) is 0 Å². The molecule has 1 N–H and O–H groups in total. The van der Waals surface area contributed by atoms with E-state index >= 15 is 0 Å². The predicted octanol–water partition coefficient (Wildman–Crippen LogP) is 0.478. The van der Waals surface area contributed by atoms with Gasteiger partial charge in [0.05, 0.1) is 13.2 Å². The monoisotopic (exact) mass is 240 g/mol. The van der Waals surface area contributed by atoms with E-state index in [2.05, 4.69) is 26.8 Å². The van der Waals surface area contributed by atoms with Crippen molar-refractivity contribution in [2.45, 2.75) is 13.0 Å². The first-order chi connectivity index (χ1) is 8.24. The van der Waals surface area contributed by atoms with Crippen molar-refractivity contribution >= 4 is 0 Å². The van der Waals surface area contributed by atoms with Crippen LogP contribution in [0.3, 0.4) is 0 Å². The van der Waals surface area contributed by atoms with Gasteiger partial charge in [-0.2, -0.15) is 0 Å². The quantitative estimate of drug-likeness (QED) is 0.638. The van der Waals surface area contributed by atoms with Crippen LogP contribution in [0.2, 0.25) is 0 Å². The second kappa shape index (κ2) is 8.22. The Morgan fingerprint density at radius 1 is 1.47 bits per heavy atom. The third kappa shape index (κ3) is 5.81. The maximum atomic E-state index is 4.97. The van der Waals surface area contributed by atoms with E-state index in [1.165, 1.54) is 0 Å². The van der Waals surface area contributed by atoms with E-state index in [0.29, 0.717) is 0 Å². The molecule has 17 heavy (non-hydrogen) atoms. The van der Waals surface area contributed by atoms with Gasteiger partial charge in [0.1, 0.15) is 5.82 Å². The summed E-state index contributed by atoms with van der Waals surface area (Å²) < 4.78 is 7.03. The Labute approximate surface area is 104 Å². The molecule has 98 valence electrons. The van der Waals surface area contributed by atoms with Crippen molar-refractivity contribution in [1.29, 1.82) is 0 Å². The highest BCUT2D eigenvalue weighted by molar-refractivity contribution is 4.90. The number of methoxy groups -OCH3 is 1. The lowest BCUT2D eigenvalue weighted by molar-refractivity contribution is 0.198. The molecule has 5 heteroatoms. The van der Waals surface area contributed by atoms with Gasteiger partial charge < -0.3 is 14.6 Å². The molecular weight excluding hydrogens is 216 g/mol. The van der Waals surface area contributed by atoms with Crippen LogP contribution < -0.4 is 5.32 Å². The Hall–Kier alpha value is -0.910. The Balaban J connectivity index is 2.05. The van der Waals surface area contributed by atoms with Crippen LogP contribution in [-0.4, -0.2) is 54.8 Å². The van der Waals surface area contributed by atoms with Crippen LogP contribution >= 0.6 is 0 Å². The fraction of sp³-hybridized carbons (Fsp3) is 0.750. The average molecular weight is 240 g/mol. The average Bonchev–Trinajstić information content (AvgIpc) is 2.69. The maximum absolute atomic E-state index is 4.97. The van der Waals surface area contributed by atoms with Crippen molar-refractivity contribution in [2.75, 3.05) is 40.4 Å². The zero-order valence-corrected chi connectivity index (χ0v) is 11.1. The first-order valence-corrected chi connectivity index (χ1v) is 6.08. The third-order valence-electron chi connectivity index (χ3n) is 2.71. The van der Waals surface area contributed by atoms with Gasteiger partial charge in [0.2, 0.25) is 0 Å². The highest BCUT2D eigenvalue weighted by Gasteiger charge is 2.03. The van der Waals surface area contributed by atoms with Crippen LogP contribution in [0.1, 0.15) is 12.2 Å². The summed E-state index contributed by atoms with van der Waals surface area (Å²) >= 11 is 0. The van der Waals surface area contributed by atoms with Gasteiger partial charge in [-0.1, -0.05) is 0 Å². The minimum absolute atomic E-state index is 0.781. The van der Waals surface area contributed by atoms with E-state index in [1.54, 1.807) is 7.11 Å². The molecule has 0 aliphatic rings. The molecule has 0 bridgehead atoms. The van der Waals surface area contributed by atoms with Crippen molar-refractivity contribution < 1.29 is 4.74 Å². The number of hydrogen-bond acceptors (Lipinski definition) is 4. The second-order valence-electron chi connectivity index (χ2n) is 4.29. The van der Waals surface area contributed by atoms with Crippen molar-refractivity contribution in [3.63, 3.8) is 0 Å². The summed E-state index contributed by atoms with van der Waals surface area (Å²) in [7, 11) is 5.88. The lowest BCUT2D eigenvalue weighted by Gasteiger charge is -2.16. The lowest BCUT2D eigenvalue weighted by atomic mass is 10.3. The molecule has 0 unspecified atom stereocenters. The van der Waals surface area contributed by atoms with Gasteiger partial charge in [0.25, 0.3) is 0 Å². The largest absolute Gasteiger partial charge is 0.383 e. The summed E-state index contributed by atoms with van der Waals surface area (Å²) in [5.41, 5.74) is 0. The van der Waals surface area contributed by atoms with Gasteiger partial charge in [-0.3, -0.25) is 4.90 Å². The van der Waals surface area contributed by atoms with E-state index in [1.807, 2.05) is 19.4 Å². The van der Waals surface area contributed by atoms with E-state index in [0.717, 1.165) is 45.0 Å². The van der Waals surface area contributed by atoms with Crippen LogP contribution in [0.4, 0.5) is 0 Å². The summed E-state index contributed by atoms with van der Waals surface area (Å²) in [5, 5.41) is 3.34. The van der Waals surface area contributed by atoms with E-state index in [9.17, 15) is 0 Å². The fourth-order valence-corrected chi connectivity index (χ4v) is 1.64. The Bertz CT molecular complexity index is 300. The number of hydrogen-bond donors (Lipinski definition) is 1. The Morgan fingerprint density at radius 3 is 2.94 bits per heavy atom. The molecule has 0 aliphatic heterocycles. The topological polar surface area (TPSA) is 42.3 Å². The molecule has 0 fully saturated rings. The highest BCUT2D eigenvalue weighted by Crippen LogP contribution is 1.99. The molecule has 0 aromatic carbocycles. The molecule has 1 aromatic heterocycles. The molecule has 0 spiro atoms. The zero-order valence-electron chi connectivity index (χ0n) is 11.1. The van der Waals surface area contributed by atoms with Gasteiger partial charge in [-0.15, -0.1) is 0 Å². The van der Waals surface area contributed by atoms with Gasteiger partial charge in [-0.05, 0) is 26.6 Å². The standard InChI is InChI=1S/C12H24N4O/c1-15(8-4-5-13-7-10-17-3)11-12-14-6-9-16(12)2/h6,9,13H,4-5,7-8,10-11H2,1-3H3. The number of aromatic nitrogens is 2. The van der Waals surface area contributed by atoms with Crippen LogP contribution in [0.15, 0.2) is 12.4 Å². The summed E-state index contributed by atoms with van der Waals surface area (Å²) in [5.74, 6) is 1.11. The van der Waals surface area contributed by atoms with Gasteiger partial charge in [0.15, 0.2) is 0 Å². The minimum Gasteiger partial charge on any atom is -0.383 e. The zero-order chi connectivity index (χ0) is 12.5. The van der Waals surface area contributed by atoms with Crippen LogP contribution in [0.5, 0.6) is 0 Å². The molecule has 0 saturated carbocycles. The first kappa shape index (κ1) is 14.2. The van der Waals surface area contributed by atoms with Crippen LogP contribution in [-0.2, 0) is 18.3 Å². The first-order valence-electron chi connectivity index (χ1n) is 6.08. The minimum atomic E-state index is 0.781. The maximum Gasteiger partial charge on any atom is 0.122 e. The smallest absolute Gasteiger partial charge is 0.122 e. The van der Waals surface area contributed by atoms with Gasteiger partial charge >= 0.3 is 0 Å². The third-order valence-corrected chi connectivity index (χ3v) is 2.71. The second-order valence-corrected chi connectivity index (χ2v) is 4.29. The summed E-state index contributed by atoms with van der Waals surface area (Å²) in [6, 6.07) is 0. The molecule has 0 saturated heterocycles. The molecule has 1 heterocycles. The SMILES string of the molecule is COCCNCCCN(C)Cc1nccn1C. The number of nitrogens with zero attached hydrogens (tertiary/aromatic N) is 3. The number of nitrogens with one attached hydrogen (secondary N) is 1. The summed E-state index contributed by atoms with van der Waals surface area (Å²) in [6.07, 6.45) is 4.97. The normalized spacial score (nSPS) is 11.3. The number of imidazole rings is 1. The van der Waals surface area contributed by atoms with Crippen LogP contribution in [0.25, 0.3) is 0 Å². The Morgan fingerprint density at radius 2 is 2.29 bits per heavy atom. The predicted molar refractivity (Wildman–Crippen MR) is 68.9 cm³/mol. The molecule has 1 aromatic rings. The van der Waals surface area contributed by atoms with Gasteiger partial charge in [-0.25, -0.2) is 4.98 Å². The van der Waals surface area contributed by atoms with E-state index < -0.39 is 0 Å². The lowest BCUT2D eigenvalue weighted by Crippen LogP contribution is -2.26. The van der Waals surface area contributed by atoms with Crippen molar-refractivity contribution in [1.82, 2.24) is 19.8 Å². The number of aryl methyl sites for hydroxylation is 1. The Kier molecular flexibility index (Phi) is 6.84. The molecule has 0 aliphatic carbocycles. The molecule has 0 amide bonds. The highest BCUT2D eigenvalue weighted by atomic mass is 16.5. The van der Waals surface area contributed by atoms with E-state index in [4.69, 9.17) is 4.74 Å². The summed E-state index contributed by atoms with van der Waals surface area (Å²) in [6.45, 7) is 4.73. The molecule has 5 nitrogen and oxygen atoms in total. The molecule has 0 atom stereocenters. The van der Waals surface area contributed by atoms with Crippen molar-refractivity contribution in [3.05, 3.63) is 18.2 Å². The van der Waals surface area contributed by atoms with Crippen molar-refractivity contribution in [3.8, 4) is 0 Å². The van der Waals surface area contributed by atoms with Gasteiger partial charge in [0, 0.05) is 33.1 Å². The fourth-order valence-electron chi connectivity index (χ4n) is 1.64. The number of rotatable bonds is 9. The summed E-state index contributed by atoms with van der Waals surface area (Å²) in [4.78, 5) is 6.61. The molecule has 1 rings (SSSR count). The molecular formula is C12H24N4O. The van der Waals surface area contributed by atoms with Crippen molar-refractivity contribution in [2.24, 2.45) is 7.05 Å². The molecule has 0 radical (unpaired) electrons. The number of ether oxygens (including phenoxy) is 1. The van der Waals surface area contributed by atoms with E-state index in [-0.39, 0.29) is 0 Å².